The summed E-state index contributed by atoms with van der Waals surface area (Å²) in [7, 11) is 1.31. The summed E-state index contributed by atoms with van der Waals surface area (Å²) < 4.78 is 10.6. The molecule has 6 heteroatoms. The largest absolute Gasteiger partial charge is 0.493 e. The van der Waals surface area contributed by atoms with Gasteiger partial charge in [0.15, 0.2) is 0 Å². The molecule has 1 aliphatic heterocycles. The van der Waals surface area contributed by atoms with Crippen molar-refractivity contribution in [3.05, 3.63) is 42.1 Å². The summed E-state index contributed by atoms with van der Waals surface area (Å²) in [6, 6.07) is 6.33. The molecule has 22 heavy (non-hydrogen) atoms. The molecular weight excluding hydrogens is 284 g/mol. The summed E-state index contributed by atoms with van der Waals surface area (Å²) in [5.74, 6) is -0.542. The molecule has 2 atom stereocenters. The normalized spacial score (nSPS) is 20.8. The van der Waals surface area contributed by atoms with Crippen molar-refractivity contribution >= 4 is 12.0 Å². The zero-order valence-electron chi connectivity index (χ0n) is 12.7. The molecule has 1 aliphatic rings. The molecule has 0 aliphatic carbocycles. The van der Waals surface area contributed by atoms with Gasteiger partial charge in [0.25, 0.3) is 0 Å². The summed E-state index contributed by atoms with van der Waals surface area (Å²) in [5.41, 5.74) is 1.04. The second kappa shape index (κ2) is 6.98. The third kappa shape index (κ3) is 3.21. The van der Waals surface area contributed by atoms with Crippen LogP contribution in [0.5, 0.6) is 5.75 Å². The summed E-state index contributed by atoms with van der Waals surface area (Å²) in [5, 5.41) is 5.27. The van der Waals surface area contributed by atoms with Gasteiger partial charge < -0.3 is 20.1 Å². The first-order chi connectivity index (χ1) is 10.6. The molecule has 1 aromatic carbocycles. The minimum absolute atomic E-state index is 0.311. The number of hydrogen-bond donors (Lipinski definition) is 2. The van der Waals surface area contributed by atoms with E-state index < -0.39 is 24.0 Å². The van der Waals surface area contributed by atoms with E-state index in [1.165, 1.54) is 7.11 Å². The summed E-state index contributed by atoms with van der Waals surface area (Å²) in [6.07, 6.45) is 0.861. The SMILES string of the molecule is C=C1NC(=O)N[C@@H](c2ccccc2OCCC)[C@@H]1C(=O)OC. The first-order valence-electron chi connectivity index (χ1n) is 7.14. The molecular formula is C16H20N2O4. The molecule has 0 saturated carbocycles. The van der Waals surface area contributed by atoms with Crippen molar-refractivity contribution in [2.24, 2.45) is 5.92 Å². The minimum Gasteiger partial charge on any atom is -0.493 e. The van der Waals surface area contributed by atoms with Crippen molar-refractivity contribution in [3.63, 3.8) is 0 Å². The topological polar surface area (TPSA) is 76.7 Å². The molecule has 2 amide bonds. The fourth-order valence-electron chi connectivity index (χ4n) is 2.43. The molecule has 6 nitrogen and oxygen atoms in total. The van der Waals surface area contributed by atoms with Crippen LogP contribution < -0.4 is 15.4 Å². The molecule has 1 heterocycles. The van der Waals surface area contributed by atoms with Gasteiger partial charge in [-0.3, -0.25) is 4.79 Å². The minimum atomic E-state index is -0.714. The molecule has 118 valence electrons. The Morgan fingerprint density at radius 2 is 2.09 bits per heavy atom. The number of hydrogen-bond acceptors (Lipinski definition) is 4. The van der Waals surface area contributed by atoms with Crippen molar-refractivity contribution in [1.29, 1.82) is 0 Å². The number of esters is 1. The van der Waals surface area contributed by atoms with Crippen molar-refractivity contribution in [2.45, 2.75) is 19.4 Å². The van der Waals surface area contributed by atoms with E-state index in [9.17, 15) is 9.59 Å². The predicted molar refractivity (Wildman–Crippen MR) is 81.3 cm³/mol. The van der Waals surface area contributed by atoms with Gasteiger partial charge in [0.1, 0.15) is 11.7 Å². The van der Waals surface area contributed by atoms with Crippen LogP contribution in [0.4, 0.5) is 4.79 Å². The maximum Gasteiger partial charge on any atom is 0.319 e. The lowest BCUT2D eigenvalue weighted by Crippen LogP contribution is -2.51. The number of rotatable bonds is 5. The first-order valence-corrected chi connectivity index (χ1v) is 7.14. The third-order valence-electron chi connectivity index (χ3n) is 3.44. The highest BCUT2D eigenvalue weighted by Gasteiger charge is 2.39. The Hall–Kier alpha value is -2.50. The van der Waals surface area contributed by atoms with E-state index in [1.54, 1.807) is 0 Å². The van der Waals surface area contributed by atoms with Gasteiger partial charge >= 0.3 is 12.0 Å². The fraction of sp³-hybridized carbons (Fsp3) is 0.375. The van der Waals surface area contributed by atoms with Gasteiger partial charge in [0, 0.05) is 11.3 Å². The van der Waals surface area contributed by atoms with Crippen LogP contribution >= 0.6 is 0 Å². The van der Waals surface area contributed by atoms with Crippen molar-refractivity contribution in [2.75, 3.05) is 13.7 Å². The van der Waals surface area contributed by atoms with Crippen LogP contribution in [0.1, 0.15) is 24.9 Å². The number of carbonyl (C=O) groups excluding carboxylic acids is 2. The Labute approximate surface area is 129 Å². The lowest BCUT2D eigenvalue weighted by Gasteiger charge is -2.33. The molecule has 0 bridgehead atoms. The molecule has 0 unspecified atom stereocenters. The Balaban J connectivity index is 2.40. The molecule has 1 aromatic rings. The Kier molecular flexibility index (Phi) is 5.04. The molecule has 1 fully saturated rings. The monoisotopic (exact) mass is 304 g/mol. The molecule has 0 spiro atoms. The number of methoxy groups -OCH3 is 1. The van der Waals surface area contributed by atoms with E-state index >= 15 is 0 Å². The fourth-order valence-corrected chi connectivity index (χ4v) is 2.43. The number of amides is 2. The van der Waals surface area contributed by atoms with E-state index in [2.05, 4.69) is 17.2 Å². The van der Waals surface area contributed by atoms with E-state index in [0.717, 1.165) is 12.0 Å². The number of carbonyl (C=O) groups is 2. The molecule has 2 rings (SSSR count). The zero-order valence-corrected chi connectivity index (χ0v) is 12.7. The molecule has 2 N–H and O–H groups in total. The number of benzene rings is 1. The highest BCUT2D eigenvalue weighted by atomic mass is 16.5. The lowest BCUT2D eigenvalue weighted by atomic mass is 9.88. The Morgan fingerprint density at radius 3 is 2.77 bits per heavy atom. The van der Waals surface area contributed by atoms with Crippen molar-refractivity contribution < 1.29 is 19.1 Å². The van der Waals surface area contributed by atoms with Gasteiger partial charge in [-0.2, -0.15) is 0 Å². The molecule has 1 saturated heterocycles. The van der Waals surface area contributed by atoms with E-state index in [-0.39, 0.29) is 0 Å². The van der Waals surface area contributed by atoms with Gasteiger partial charge in [0.2, 0.25) is 0 Å². The van der Waals surface area contributed by atoms with Gasteiger partial charge in [-0.25, -0.2) is 4.79 Å². The summed E-state index contributed by atoms with van der Waals surface area (Å²) in [4.78, 5) is 23.8. The molecule has 0 aromatic heterocycles. The third-order valence-corrected chi connectivity index (χ3v) is 3.44. The quantitative estimate of drug-likeness (QED) is 0.817. The van der Waals surface area contributed by atoms with Crippen LogP contribution in [0.25, 0.3) is 0 Å². The predicted octanol–water partition coefficient (Wildman–Crippen LogP) is 2.13. The Bertz CT molecular complexity index is 585. The van der Waals surface area contributed by atoms with Crippen molar-refractivity contribution in [1.82, 2.24) is 10.6 Å². The van der Waals surface area contributed by atoms with Crippen LogP contribution in [0.3, 0.4) is 0 Å². The maximum atomic E-state index is 12.1. The summed E-state index contributed by atoms with van der Waals surface area (Å²) in [6.45, 7) is 6.33. The lowest BCUT2D eigenvalue weighted by molar-refractivity contribution is -0.145. The van der Waals surface area contributed by atoms with Crippen molar-refractivity contribution in [3.8, 4) is 5.75 Å². The number of para-hydroxylation sites is 1. The average Bonchev–Trinajstić information content (AvgIpc) is 2.51. The van der Waals surface area contributed by atoms with Gasteiger partial charge in [-0.1, -0.05) is 31.7 Å². The highest BCUT2D eigenvalue weighted by Crippen LogP contribution is 2.35. The second-order valence-corrected chi connectivity index (χ2v) is 4.99. The van der Waals surface area contributed by atoms with Crippen LogP contribution in [0, 0.1) is 5.92 Å². The summed E-state index contributed by atoms with van der Waals surface area (Å²) >= 11 is 0. The number of ether oxygens (including phenoxy) is 2. The van der Waals surface area contributed by atoms with Gasteiger partial charge in [-0.05, 0) is 12.5 Å². The first kappa shape index (κ1) is 15.9. The van der Waals surface area contributed by atoms with Crippen LogP contribution in [-0.4, -0.2) is 25.7 Å². The van der Waals surface area contributed by atoms with E-state index in [4.69, 9.17) is 9.47 Å². The number of urea groups is 1. The molecule has 0 radical (unpaired) electrons. The zero-order chi connectivity index (χ0) is 16.1. The average molecular weight is 304 g/mol. The second-order valence-electron chi connectivity index (χ2n) is 4.99. The van der Waals surface area contributed by atoms with Crippen LogP contribution in [-0.2, 0) is 9.53 Å². The van der Waals surface area contributed by atoms with E-state index in [0.29, 0.717) is 18.1 Å². The van der Waals surface area contributed by atoms with Gasteiger partial charge in [-0.15, -0.1) is 0 Å². The van der Waals surface area contributed by atoms with Gasteiger partial charge in [0.05, 0.1) is 19.8 Å². The maximum absolute atomic E-state index is 12.1. The van der Waals surface area contributed by atoms with Crippen LogP contribution in [0.2, 0.25) is 0 Å². The highest BCUT2D eigenvalue weighted by molar-refractivity contribution is 5.85. The standard InChI is InChI=1S/C16H20N2O4/c1-4-9-22-12-8-6-5-7-11(12)14-13(15(19)21-3)10(2)17-16(20)18-14/h5-8,13-14H,2,4,9H2,1,3H3,(H2,17,18,20)/t13-,14+/m1/s1. The van der Waals surface area contributed by atoms with Crippen LogP contribution in [0.15, 0.2) is 36.5 Å². The number of nitrogens with one attached hydrogen (secondary N) is 2. The smallest absolute Gasteiger partial charge is 0.319 e. The Morgan fingerprint density at radius 1 is 1.36 bits per heavy atom. The van der Waals surface area contributed by atoms with E-state index in [1.807, 2.05) is 31.2 Å².